The topological polar surface area (TPSA) is 41.6 Å². The second-order valence-electron chi connectivity index (χ2n) is 2.86. The van der Waals surface area contributed by atoms with Crippen LogP contribution < -0.4 is 0 Å². The minimum atomic E-state index is 0.434. The number of nitrogens with one attached hydrogen (secondary N) is 1. The minimum absolute atomic E-state index is 0.434. The first-order chi connectivity index (χ1) is 5.13. The van der Waals surface area contributed by atoms with Gasteiger partial charge in [-0.05, 0) is 12.8 Å². The van der Waals surface area contributed by atoms with Crippen molar-refractivity contribution < 1.29 is 0 Å². The third kappa shape index (κ3) is 1.91. The highest BCUT2D eigenvalue weighted by Crippen LogP contribution is 2.26. The Bertz CT molecular complexity index is 207. The lowest BCUT2D eigenvalue weighted by molar-refractivity contribution is 0.797. The van der Waals surface area contributed by atoms with Crippen LogP contribution in [-0.4, -0.2) is 15.4 Å². The third-order valence-corrected chi connectivity index (χ3v) is 2.12. The number of rotatable bonds is 2. The zero-order valence-electron chi connectivity index (χ0n) is 6.93. The summed E-state index contributed by atoms with van der Waals surface area (Å²) in [4.78, 5) is 0. The Morgan fingerprint density at radius 1 is 1.18 bits per heavy atom. The van der Waals surface area contributed by atoms with Crippen molar-refractivity contribution >= 4 is 22.6 Å². The van der Waals surface area contributed by atoms with Gasteiger partial charge in [-0.2, -0.15) is 15.4 Å². The number of aromatic amines is 1. The molecule has 0 saturated carbocycles. The van der Waals surface area contributed by atoms with E-state index in [4.69, 9.17) is 0 Å². The highest BCUT2D eigenvalue weighted by molar-refractivity contribution is 14.1. The Morgan fingerprint density at radius 3 is 2.09 bits per heavy atom. The molecule has 4 heteroatoms. The lowest BCUT2D eigenvalue weighted by Gasteiger charge is -2.03. The predicted octanol–water partition coefficient (Wildman–Crippen LogP) is 2.42. The smallest absolute Gasteiger partial charge is 0.0984 e. The van der Waals surface area contributed by atoms with E-state index in [2.05, 4.69) is 58.8 Å². The summed E-state index contributed by atoms with van der Waals surface area (Å²) in [5.41, 5.74) is 2.17. The highest BCUT2D eigenvalue weighted by Gasteiger charge is 2.14. The summed E-state index contributed by atoms with van der Waals surface area (Å²) in [6.45, 7) is 6.37. The number of nitrogens with zero attached hydrogens (tertiary/aromatic N) is 2. The molecule has 11 heavy (non-hydrogen) atoms. The van der Waals surface area contributed by atoms with E-state index in [1.54, 1.807) is 0 Å². The lowest BCUT2D eigenvalue weighted by Crippen LogP contribution is -1.95. The van der Waals surface area contributed by atoms with E-state index < -0.39 is 0 Å². The molecule has 1 N–H and O–H groups in total. The molecule has 1 unspecified atom stereocenters. The fraction of sp³-hybridized carbons (Fsp3) is 0.714. The maximum absolute atomic E-state index is 4.10. The minimum Gasteiger partial charge on any atom is -0.197 e. The largest absolute Gasteiger partial charge is 0.197 e. The van der Waals surface area contributed by atoms with E-state index in [0.29, 0.717) is 9.84 Å². The number of alkyl halides is 1. The molecule has 0 aliphatic carbocycles. The van der Waals surface area contributed by atoms with Crippen molar-refractivity contribution in [3.63, 3.8) is 0 Å². The maximum atomic E-state index is 4.10. The van der Waals surface area contributed by atoms with E-state index in [0.717, 1.165) is 11.4 Å². The van der Waals surface area contributed by atoms with Crippen molar-refractivity contribution in [2.75, 3.05) is 0 Å². The standard InChI is InChI=1S/C7H12IN3/c1-4(2)6-7(5(3)8)10-11-9-6/h4-5H,1-3H3,(H,9,10,11). The summed E-state index contributed by atoms with van der Waals surface area (Å²) in [5, 5.41) is 10.8. The molecule has 62 valence electrons. The molecular weight excluding hydrogens is 253 g/mol. The van der Waals surface area contributed by atoms with Crippen molar-refractivity contribution in [2.45, 2.75) is 30.6 Å². The lowest BCUT2D eigenvalue weighted by atomic mass is 10.1. The Kier molecular flexibility index (Phi) is 2.86. The quantitative estimate of drug-likeness (QED) is 0.659. The second-order valence-corrected chi connectivity index (χ2v) is 4.73. The summed E-state index contributed by atoms with van der Waals surface area (Å²) in [6, 6.07) is 0. The van der Waals surface area contributed by atoms with Crippen LogP contribution in [0.15, 0.2) is 0 Å². The molecule has 1 aromatic heterocycles. The predicted molar refractivity (Wildman–Crippen MR) is 52.9 cm³/mol. The molecule has 1 atom stereocenters. The zero-order chi connectivity index (χ0) is 8.43. The van der Waals surface area contributed by atoms with Crippen LogP contribution in [0.2, 0.25) is 0 Å². The van der Waals surface area contributed by atoms with Crippen molar-refractivity contribution in [1.82, 2.24) is 15.4 Å². The Hall–Kier alpha value is -0.130. The van der Waals surface area contributed by atoms with Gasteiger partial charge in [0.25, 0.3) is 0 Å². The molecule has 0 fully saturated rings. The van der Waals surface area contributed by atoms with Crippen molar-refractivity contribution in [2.24, 2.45) is 0 Å². The van der Waals surface area contributed by atoms with E-state index in [1.807, 2.05) is 0 Å². The monoisotopic (exact) mass is 265 g/mol. The number of aromatic nitrogens is 3. The summed E-state index contributed by atoms with van der Waals surface area (Å²) in [7, 11) is 0. The molecule has 1 aromatic rings. The SMILES string of the molecule is CC(C)c1n[nH]nc1C(C)I. The molecule has 0 aromatic carbocycles. The summed E-state index contributed by atoms with van der Waals surface area (Å²) < 4.78 is 0.434. The molecular formula is C7H12IN3. The van der Waals surface area contributed by atoms with Crippen LogP contribution in [-0.2, 0) is 0 Å². The molecule has 0 aliphatic rings. The molecule has 3 nitrogen and oxygen atoms in total. The van der Waals surface area contributed by atoms with Crippen LogP contribution in [0.1, 0.15) is 42.0 Å². The van der Waals surface area contributed by atoms with Gasteiger partial charge in [-0.1, -0.05) is 36.4 Å². The molecule has 0 aliphatic heterocycles. The van der Waals surface area contributed by atoms with Crippen LogP contribution in [0, 0.1) is 0 Å². The fourth-order valence-corrected chi connectivity index (χ4v) is 1.42. The van der Waals surface area contributed by atoms with Gasteiger partial charge in [0.1, 0.15) is 0 Å². The van der Waals surface area contributed by atoms with E-state index in [1.165, 1.54) is 0 Å². The highest BCUT2D eigenvalue weighted by atomic mass is 127. The van der Waals surface area contributed by atoms with Gasteiger partial charge in [-0.3, -0.25) is 0 Å². The average molecular weight is 265 g/mol. The third-order valence-electron chi connectivity index (χ3n) is 1.53. The van der Waals surface area contributed by atoms with E-state index in [9.17, 15) is 0 Å². The Balaban J connectivity index is 2.96. The summed E-state index contributed by atoms with van der Waals surface area (Å²) in [5.74, 6) is 0.459. The molecule has 1 rings (SSSR count). The number of hydrogen-bond donors (Lipinski definition) is 1. The van der Waals surface area contributed by atoms with Crippen LogP contribution in [0.3, 0.4) is 0 Å². The van der Waals surface area contributed by atoms with Gasteiger partial charge in [-0.15, -0.1) is 0 Å². The second kappa shape index (κ2) is 3.51. The number of hydrogen-bond acceptors (Lipinski definition) is 2. The normalized spacial score (nSPS) is 13.9. The van der Waals surface area contributed by atoms with Crippen molar-refractivity contribution in [3.05, 3.63) is 11.4 Å². The average Bonchev–Trinajstić information content (AvgIpc) is 2.32. The fourth-order valence-electron chi connectivity index (χ4n) is 0.965. The van der Waals surface area contributed by atoms with Gasteiger partial charge in [0.2, 0.25) is 0 Å². The molecule has 0 bridgehead atoms. The first-order valence-electron chi connectivity index (χ1n) is 3.67. The van der Waals surface area contributed by atoms with Gasteiger partial charge in [0, 0.05) is 0 Å². The molecule has 0 radical (unpaired) electrons. The van der Waals surface area contributed by atoms with Gasteiger partial charge in [0.15, 0.2) is 0 Å². The van der Waals surface area contributed by atoms with Crippen LogP contribution in [0.25, 0.3) is 0 Å². The van der Waals surface area contributed by atoms with E-state index >= 15 is 0 Å². The molecule has 1 heterocycles. The van der Waals surface area contributed by atoms with Gasteiger partial charge in [-0.25, -0.2) is 0 Å². The Labute approximate surface area is 80.1 Å². The van der Waals surface area contributed by atoms with Gasteiger partial charge >= 0.3 is 0 Å². The molecule has 0 spiro atoms. The van der Waals surface area contributed by atoms with Crippen LogP contribution in [0.4, 0.5) is 0 Å². The summed E-state index contributed by atoms with van der Waals surface area (Å²) >= 11 is 2.34. The van der Waals surface area contributed by atoms with Gasteiger partial charge < -0.3 is 0 Å². The van der Waals surface area contributed by atoms with Gasteiger partial charge in [0.05, 0.1) is 15.3 Å². The maximum Gasteiger partial charge on any atom is 0.0984 e. The van der Waals surface area contributed by atoms with Crippen LogP contribution in [0.5, 0.6) is 0 Å². The number of halogens is 1. The molecule has 0 amide bonds. The summed E-state index contributed by atoms with van der Waals surface area (Å²) in [6.07, 6.45) is 0. The van der Waals surface area contributed by atoms with Crippen molar-refractivity contribution in [3.8, 4) is 0 Å². The first kappa shape index (κ1) is 8.96. The van der Waals surface area contributed by atoms with Crippen LogP contribution >= 0.6 is 22.6 Å². The Morgan fingerprint density at radius 2 is 1.73 bits per heavy atom. The van der Waals surface area contributed by atoms with Crippen molar-refractivity contribution in [1.29, 1.82) is 0 Å². The first-order valence-corrected chi connectivity index (χ1v) is 4.92. The number of H-pyrrole nitrogens is 1. The zero-order valence-corrected chi connectivity index (χ0v) is 9.08. The molecule has 0 saturated heterocycles. The van der Waals surface area contributed by atoms with E-state index in [-0.39, 0.29) is 0 Å².